The Balaban J connectivity index is 2.22. The average Bonchev–Trinajstić information content (AvgIpc) is 2.65. The summed E-state index contributed by atoms with van der Waals surface area (Å²) in [5.74, 6) is 1.23. The number of aromatic nitrogens is 4. The molecule has 0 aliphatic carbocycles. The van der Waals surface area contributed by atoms with E-state index < -0.39 is 6.09 Å². The maximum Gasteiger partial charge on any atom is 0.409 e. The van der Waals surface area contributed by atoms with Gasteiger partial charge in [0, 0.05) is 0 Å². The highest BCUT2D eigenvalue weighted by Gasteiger charge is 2.02. The predicted molar refractivity (Wildman–Crippen MR) is 55.5 cm³/mol. The molecule has 0 atom stereocenters. The largest absolute Gasteiger partial charge is 0.465 e. The van der Waals surface area contributed by atoms with Crippen LogP contribution in [0.2, 0.25) is 0 Å². The molecule has 1 amide bonds. The Morgan fingerprint density at radius 2 is 2.25 bits per heavy atom. The summed E-state index contributed by atoms with van der Waals surface area (Å²) in [4.78, 5) is 18.4. The number of carboxylic acid groups (broad SMARTS) is 1. The van der Waals surface area contributed by atoms with Crippen LogP contribution in [0.15, 0.2) is 24.7 Å². The van der Waals surface area contributed by atoms with Crippen molar-refractivity contribution in [2.75, 3.05) is 5.32 Å². The van der Waals surface area contributed by atoms with Crippen LogP contribution in [0.4, 0.5) is 10.5 Å². The van der Waals surface area contributed by atoms with Gasteiger partial charge >= 0.3 is 6.09 Å². The summed E-state index contributed by atoms with van der Waals surface area (Å²) in [5.41, 5.74) is 0.410. The molecule has 0 unspecified atom stereocenters. The zero-order chi connectivity index (χ0) is 11.5. The normalized spacial score (nSPS) is 10.1. The van der Waals surface area contributed by atoms with E-state index in [0.717, 1.165) is 0 Å². The highest BCUT2D eigenvalue weighted by Crippen LogP contribution is 2.08. The fourth-order valence-electron chi connectivity index (χ4n) is 1.18. The number of pyridine rings is 1. The first kappa shape index (κ1) is 10.1. The maximum atomic E-state index is 10.4. The summed E-state index contributed by atoms with van der Waals surface area (Å²) < 4.78 is 1.51. The van der Waals surface area contributed by atoms with Gasteiger partial charge in [0.05, 0.1) is 11.9 Å². The minimum Gasteiger partial charge on any atom is -0.465 e. The summed E-state index contributed by atoms with van der Waals surface area (Å²) in [7, 11) is 0. The zero-order valence-electron chi connectivity index (χ0n) is 8.45. The number of nitrogens with one attached hydrogen (secondary N) is 1. The van der Waals surface area contributed by atoms with Crippen LogP contribution >= 0.6 is 0 Å². The van der Waals surface area contributed by atoms with E-state index in [0.29, 0.717) is 17.3 Å². The Morgan fingerprint density at radius 1 is 1.44 bits per heavy atom. The Labute approximate surface area is 90.8 Å². The molecule has 0 bridgehead atoms. The van der Waals surface area contributed by atoms with E-state index in [1.165, 1.54) is 10.9 Å². The van der Waals surface area contributed by atoms with Crippen LogP contribution in [0.3, 0.4) is 0 Å². The van der Waals surface area contributed by atoms with Crippen LogP contribution in [-0.2, 0) is 0 Å². The number of aryl methyl sites for hydroxylation is 1. The molecule has 7 heteroatoms. The predicted octanol–water partition coefficient (Wildman–Crippen LogP) is 1.06. The van der Waals surface area contributed by atoms with Gasteiger partial charge < -0.3 is 5.11 Å². The fraction of sp³-hybridized carbons (Fsp3) is 0.111. The van der Waals surface area contributed by atoms with Crippen LogP contribution in [0.5, 0.6) is 0 Å². The Bertz CT molecular complexity index is 505. The lowest BCUT2D eigenvalue weighted by molar-refractivity contribution is 0.209. The minimum atomic E-state index is -1.12. The minimum absolute atomic E-state index is 0.410. The smallest absolute Gasteiger partial charge is 0.409 e. The molecule has 2 N–H and O–H groups in total. The topological polar surface area (TPSA) is 92.9 Å². The van der Waals surface area contributed by atoms with Gasteiger partial charge in [-0.05, 0) is 19.1 Å². The molecule has 0 fully saturated rings. The van der Waals surface area contributed by atoms with E-state index in [4.69, 9.17) is 5.11 Å². The van der Waals surface area contributed by atoms with Crippen molar-refractivity contribution >= 4 is 11.8 Å². The molecule has 2 rings (SSSR count). The molecule has 0 saturated carbocycles. The molecule has 0 aromatic carbocycles. The lowest BCUT2D eigenvalue weighted by Crippen LogP contribution is -2.08. The van der Waals surface area contributed by atoms with Gasteiger partial charge in [0.25, 0.3) is 0 Å². The van der Waals surface area contributed by atoms with E-state index in [2.05, 4.69) is 20.4 Å². The van der Waals surface area contributed by atoms with Crippen molar-refractivity contribution in [1.29, 1.82) is 0 Å². The van der Waals surface area contributed by atoms with Crippen LogP contribution in [0, 0.1) is 6.92 Å². The van der Waals surface area contributed by atoms with Crippen molar-refractivity contribution in [1.82, 2.24) is 19.7 Å². The van der Waals surface area contributed by atoms with E-state index in [1.807, 2.05) is 0 Å². The summed E-state index contributed by atoms with van der Waals surface area (Å²) in [6.45, 7) is 1.77. The Kier molecular flexibility index (Phi) is 2.50. The van der Waals surface area contributed by atoms with Crippen LogP contribution < -0.4 is 5.32 Å². The molecule has 7 nitrogen and oxygen atoms in total. The van der Waals surface area contributed by atoms with Gasteiger partial charge in [-0.25, -0.2) is 19.4 Å². The van der Waals surface area contributed by atoms with E-state index >= 15 is 0 Å². The SMILES string of the molecule is Cc1ncn(-c2ccc(NC(=O)O)cn2)n1. The second-order valence-electron chi connectivity index (χ2n) is 3.07. The summed E-state index contributed by atoms with van der Waals surface area (Å²) in [6.07, 6.45) is 1.84. The number of nitrogens with zero attached hydrogens (tertiary/aromatic N) is 4. The molecule has 0 radical (unpaired) electrons. The molecular formula is C9H9N5O2. The summed E-state index contributed by atoms with van der Waals surface area (Å²) in [6, 6.07) is 3.26. The molecule has 0 spiro atoms. The molecule has 82 valence electrons. The van der Waals surface area contributed by atoms with Gasteiger partial charge in [-0.15, -0.1) is 0 Å². The number of carbonyl (C=O) groups is 1. The summed E-state index contributed by atoms with van der Waals surface area (Å²) >= 11 is 0. The number of anilines is 1. The zero-order valence-corrected chi connectivity index (χ0v) is 8.45. The van der Waals surface area contributed by atoms with Gasteiger partial charge in [0.2, 0.25) is 0 Å². The second-order valence-corrected chi connectivity index (χ2v) is 3.07. The van der Waals surface area contributed by atoms with Crippen molar-refractivity contribution in [3.8, 4) is 5.82 Å². The third-order valence-corrected chi connectivity index (χ3v) is 1.84. The van der Waals surface area contributed by atoms with Crippen molar-refractivity contribution in [2.24, 2.45) is 0 Å². The maximum absolute atomic E-state index is 10.4. The number of hydrogen-bond donors (Lipinski definition) is 2. The van der Waals surface area contributed by atoms with Gasteiger partial charge in [-0.1, -0.05) is 0 Å². The van der Waals surface area contributed by atoms with Gasteiger partial charge in [0.15, 0.2) is 5.82 Å². The highest BCUT2D eigenvalue weighted by molar-refractivity contribution is 5.82. The van der Waals surface area contributed by atoms with Crippen LogP contribution in [0.1, 0.15) is 5.82 Å². The van der Waals surface area contributed by atoms with Crippen molar-refractivity contribution < 1.29 is 9.90 Å². The van der Waals surface area contributed by atoms with Gasteiger partial charge in [0.1, 0.15) is 12.2 Å². The standard InChI is InChI=1S/C9H9N5O2/c1-6-11-5-14(13-6)8-3-2-7(4-10-8)12-9(15)16/h2-5,12H,1H3,(H,15,16). The Hall–Kier alpha value is -2.44. The lowest BCUT2D eigenvalue weighted by Gasteiger charge is -2.02. The van der Waals surface area contributed by atoms with Gasteiger partial charge in [-0.3, -0.25) is 5.32 Å². The molecular weight excluding hydrogens is 210 g/mol. The number of hydrogen-bond acceptors (Lipinski definition) is 4. The molecule has 16 heavy (non-hydrogen) atoms. The fourth-order valence-corrected chi connectivity index (χ4v) is 1.18. The Morgan fingerprint density at radius 3 is 2.75 bits per heavy atom. The summed E-state index contributed by atoms with van der Waals surface area (Å²) in [5, 5.41) is 14.8. The molecule has 0 aliphatic heterocycles. The van der Waals surface area contributed by atoms with Crippen molar-refractivity contribution in [3.63, 3.8) is 0 Å². The molecule has 2 heterocycles. The molecule has 2 aromatic rings. The quantitative estimate of drug-likeness (QED) is 0.787. The monoisotopic (exact) mass is 219 g/mol. The molecule has 0 aliphatic rings. The third kappa shape index (κ3) is 2.14. The third-order valence-electron chi connectivity index (χ3n) is 1.84. The highest BCUT2D eigenvalue weighted by atomic mass is 16.4. The second kappa shape index (κ2) is 3.97. The first-order chi connectivity index (χ1) is 7.65. The van der Waals surface area contributed by atoms with Gasteiger partial charge in [-0.2, -0.15) is 5.10 Å². The van der Waals surface area contributed by atoms with E-state index in [1.54, 1.807) is 25.4 Å². The van der Waals surface area contributed by atoms with Crippen LogP contribution in [-0.4, -0.2) is 30.9 Å². The van der Waals surface area contributed by atoms with Crippen LogP contribution in [0.25, 0.3) is 5.82 Å². The molecule has 2 aromatic heterocycles. The van der Waals surface area contributed by atoms with Crippen molar-refractivity contribution in [3.05, 3.63) is 30.5 Å². The van der Waals surface area contributed by atoms with E-state index in [-0.39, 0.29) is 0 Å². The number of amides is 1. The lowest BCUT2D eigenvalue weighted by atomic mass is 10.4. The first-order valence-corrected chi connectivity index (χ1v) is 4.50. The molecule has 0 saturated heterocycles. The number of rotatable bonds is 2. The first-order valence-electron chi connectivity index (χ1n) is 4.50. The van der Waals surface area contributed by atoms with Crippen molar-refractivity contribution in [2.45, 2.75) is 6.92 Å². The van der Waals surface area contributed by atoms with E-state index in [9.17, 15) is 4.79 Å². The average molecular weight is 219 g/mol.